The van der Waals surface area contributed by atoms with Crippen LogP contribution in [0.1, 0.15) is 17.3 Å². The van der Waals surface area contributed by atoms with E-state index >= 15 is 0 Å². The van der Waals surface area contributed by atoms with Crippen LogP contribution in [0.3, 0.4) is 0 Å². The fourth-order valence-corrected chi connectivity index (χ4v) is 3.02. The fraction of sp³-hybridized carbons (Fsp3) is 0.176. The molecule has 9 heteroatoms. The number of sulfonamides is 1. The molecule has 0 aliphatic rings. The Hall–Kier alpha value is -3.07. The number of benzene rings is 2. The molecule has 0 unspecified atom stereocenters. The van der Waals surface area contributed by atoms with E-state index in [0.29, 0.717) is 18.0 Å². The highest BCUT2D eigenvalue weighted by atomic mass is 32.2. The normalized spacial score (nSPS) is 10.7. The van der Waals surface area contributed by atoms with E-state index < -0.39 is 22.0 Å². The van der Waals surface area contributed by atoms with Crippen molar-refractivity contribution in [3.8, 4) is 5.75 Å². The molecule has 0 fully saturated rings. The maximum atomic E-state index is 12.4. The number of hydrogen-bond donors (Lipinski definition) is 3. The van der Waals surface area contributed by atoms with E-state index in [1.165, 1.54) is 43.4 Å². The lowest BCUT2D eigenvalue weighted by atomic mass is 10.2. The van der Waals surface area contributed by atoms with Gasteiger partial charge in [0.05, 0.1) is 11.5 Å². The van der Waals surface area contributed by atoms with Crippen LogP contribution in [0.25, 0.3) is 0 Å². The van der Waals surface area contributed by atoms with Crippen molar-refractivity contribution in [2.75, 3.05) is 19.0 Å². The highest BCUT2D eigenvalue weighted by molar-refractivity contribution is 7.90. The molecule has 2 aromatic carbocycles. The van der Waals surface area contributed by atoms with Gasteiger partial charge in [0, 0.05) is 18.3 Å². The zero-order valence-electron chi connectivity index (χ0n) is 14.3. The Morgan fingerprint density at radius 1 is 1.08 bits per heavy atom. The summed E-state index contributed by atoms with van der Waals surface area (Å²) >= 11 is 0. The molecule has 0 saturated heterocycles. The third-order valence-electron chi connectivity index (χ3n) is 3.28. The van der Waals surface area contributed by atoms with Crippen LogP contribution in [0.15, 0.2) is 53.4 Å². The number of nitrogens with one attached hydrogen (secondary N) is 3. The Morgan fingerprint density at radius 2 is 1.77 bits per heavy atom. The van der Waals surface area contributed by atoms with Gasteiger partial charge in [-0.2, -0.15) is 0 Å². The van der Waals surface area contributed by atoms with E-state index in [2.05, 4.69) is 10.6 Å². The van der Waals surface area contributed by atoms with Crippen LogP contribution < -0.4 is 20.1 Å². The number of hydrogen-bond acceptors (Lipinski definition) is 5. The van der Waals surface area contributed by atoms with Gasteiger partial charge in [0.25, 0.3) is 15.9 Å². The summed E-state index contributed by atoms with van der Waals surface area (Å²) in [5, 5.41) is 4.89. The summed E-state index contributed by atoms with van der Waals surface area (Å²) in [5.74, 6) is -0.290. The van der Waals surface area contributed by atoms with E-state index in [4.69, 9.17) is 4.74 Å². The Labute approximate surface area is 151 Å². The number of carbonyl (C=O) groups excluding carboxylic acids is 2. The van der Waals surface area contributed by atoms with Crippen LogP contribution in [0.5, 0.6) is 5.75 Å². The highest BCUT2D eigenvalue weighted by Crippen LogP contribution is 2.16. The molecule has 3 N–H and O–H groups in total. The first-order valence-corrected chi connectivity index (χ1v) is 9.23. The van der Waals surface area contributed by atoms with E-state index in [1.54, 1.807) is 19.1 Å². The minimum atomic E-state index is -4.05. The predicted molar refractivity (Wildman–Crippen MR) is 96.8 cm³/mol. The summed E-state index contributed by atoms with van der Waals surface area (Å²) in [4.78, 5) is 23.4. The lowest BCUT2D eigenvalue weighted by Crippen LogP contribution is -2.30. The molecular formula is C17H19N3O5S. The minimum absolute atomic E-state index is 0.103. The first-order valence-electron chi connectivity index (χ1n) is 7.74. The molecule has 26 heavy (non-hydrogen) atoms. The lowest BCUT2D eigenvalue weighted by molar-refractivity contribution is 0.0981. The van der Waals surface area contributed by atoms with Crippen molar-refractivity contribution in [3.05, 3.63) is 54.1 Å². The van der Waals surface area contributed by atoms with Crippen molar-refractivity contribution >= 4 is 27.6 Å². The predicted octanol–water partition coefficient (Wildman–Crippen LogP) is 1.96. The van der Waals surface area contributed by atoms with Crippen LogP contribution in [-0.4, -0.2) is 34.0 Å². The average molecular weight is 377 g/mol. The molecule has 0 bridgehead atoms. The number of urea groups is 1. The lowest BCUT2D eigenvalue weighted by Gasteiger charge is -2.09. The summed E-state index contributed by atoms with van der Waals surface area (Å²) in [6, 6.07) is 11.2. The van der Waals surface area contributed by atoms with Crippen molar-refractivity contribution in [2.24, 2.45) is 0 Å². The van der Waals surface area contributed by atoms with Gasteiger partial charge in [-0.25, -0.2) is 17.9 Å². The second kappa shape index (κ2) is 8.34. The van der Waals surface area contributed by atoms with Gasteiger partial charge in [-0.3, -0.25) is 4.79 Å². The Balaban J connectivity index is 2.13. The molecule has 0 aromatic heterocycles. The zero-order valence-corrected chi connectivity index (χ0v) is 15.1. The number of amides is 3. The van der Waals surface area contributed by atoms with E-state index in [1.807, 2.05) is 4.72 Å². The van der Waals surface area contributed by atoms with Gasteiger partial charge in [0.1, 0.15) is 5.75 Å². The second-order valence-electron chi connectivity index (χ2n) is 5.12. The monoisotopic (exact) mass is 377 g/mol. The van der Waals surface area contributed by atoms with Gasteiger partial charge in [0.2, 0.25) is 0 Å². The number of ether oxygens (including phenoxy) is 1. The van der Waals surface area contributed by atoms with Gasteiger partial charge in [-0.05, 0) is 49.4 Å². The number of rotatable bonds is 6. The third-order valence-corrected chi connectivity index (χ3v) is 4.63. The molecule has 2 rings (SSSR count). The van der Waals surface area contributed by atoms with Gasteiger partial charge in [-0.15, -0.1) is 0 Å². The number of carbonyl (C=O) groups is 2. The maximum absolute atomic E-state index is 12.4. The Bertz CT molecular complexity index is 895. The average Bonchev–Trinajstić information content (AvgIpc) is 2.62. The van der Waals surface area contributed by atoms with Crippen molar-refractivity contribution < 1.29 is 22.7 Å². The minimum Gasteiger partial charge on any atom is -0.494 e. The van der Waals surface area contributed by atoms with E-state index in [0.717, 1.165) is 0 Å². The van der Waals surface area contributed by atoms with Gasteiger partial charge in [-0.1, -0.05) is 6.07 Å². The molecule has 138 valence electrons. The third kappa shape index (κ3) is 4.96. The molecule has 0 aliphatic carbocycles. The quantitative estimate of drug-likeness (QED) is 0.712. The maximum Gasteiger partial charge on any atom is 0.318 e. The van der Waals surface area contributed by atoms with Crippen molar-refractivity contribution in [2.45, 2.75) is 11.8 Å². The van der Waals surface area contributed by atoms with Crippen LogP contribution in [0.4, 0.5) is 10.5 Å². The Kier molecular flexibility index (Phi) is 6.18. The van der Waals surface area contributed by atoms with Gasteiger partial charge < -0.3 is 15.4 Å². The molecule has 8 nitrogen and oxygen atoms in total. The SMILES string of the molecule is CCOc1cccc(C(=O)NS(=O)(=O)c2ccc(NC(=O)NC)cc2)c1. The molecule has 0 atom stereocenters. The van der Waals surface area contributed by atoms with Gasteiger partial charge >= 0.3 is 6.03 Å². The largest absolute Gasteiger partial charge is 0.494 e. The molecule has 2 aromatic rings. The molecule has 0 saturated carbocycles. The van der Waals surface area contributed by atoms with Crippen LogP contribution >= 0.6 is 0 Å². The number of anilines is 1. The van der Waals surface area contributed by atoms with Crippen molar-refractivity contribution in [1.29, 1.82) is 0 Å². The first kappa shape index (κ1) is 19.3. The molecule has 0 spiro atoms. The highest BCUT2D eigenvalue weighted by Gasteiger charge is 2.19. The van der Waals surface area contributed by atoms with Gasteiger partial charge in [0.15, 0.2) is 0 Å². The molecule has 0 heterocycles. The van der Waals surface area contributed by atoms with Crippen LogP contribution in [0.2, 0.25) is 0 Å². The molecular weight excluding hydrogens is 358 g/mol. The molecule has 3 amide bonds. The summed E-state index contributed by atoms with van der Waals surface area (Å²) in [5.41, 5.74) is 0.580. The molecule has 0 radical (unpaired) electrons. The standard InChI is InChI=1S/C17H19N3O5S/c1-3-25-14-6-4-5-12(11-14)16(21)20-26(23,24)15-9-7-13(8-10-15)19-17(22)18-2/h4-11H,3H2,1-2H3,(H,20,21)(H2,18,19,22). The smallest absolute Gasteiger partial charge is 0.318 e. The molecule has 0 aliphatic heterocycles. The first-order chi connectivity index (χ1) is 12.4. The Morgan fingerprint density at radius 3 is 2.38 bits per heavy atom. The topological polar surface area (TPSA) is 114 Å². The van der Waals surface area contributed by atoms with Crippen molar-refractivity contribution in [1.82, 2.24) is 10.0 Å². The van der Waals surface area contributed by atoms with Crippen molar-refractivity contribution in [3.63, 3.8) is 0 Å². The van der Waals surface area contributed by atoms with E-state index in [9.17, 15) is 18.0 Å². The summed E-state index contributed by atoms with van der Waals surface area (Å²) in [6.07, 6.45) is 0. The van der Waals surface area contributed by atoms with Crippen LogP contribution in [-0.2, 0) is 10.0 Å². The summed E-state index contributed by atoms with van der Waals surface area (Å²) in [7, 11) is -2.59. The fourth-order valence-electron chi connectivity index (χ4n) is 2.04. The summed E-state index contributed by atoms with van der Waals surface area (Å²) in [6.45, 7) is 2.24. The zero-order chi connectivity index (χ0) is 19.2. The van der Waals surface area contributed by atoms with E-state index in [-0.39, 0.29) is 10.5 Å². The van der Waals surface area contributed by atoms with Crippen LogP contribution in [0, 0.1) is 0 Å². The summed E-state index contributed by atoms with van der Waals surface area (Å²) < 4.78 is 32.0. The second-order valence-corrected chi connectivity index (χ2v) is 6.81.